The molecule has 6 nitrogen and oxygen atoms in total. The van der Waals surface area contributed by atoms with Crippen molar-refractivity contribution >= 4 is 40.0 Å². The minimum absolute atomic E-state index is 0.220. The molecule has 8 heteroatoms. The van der Waals surface area contributed by atoms with Crippen LogP contribution >= 0.6 is 11.6 Å². The van der Waals surface area contributed by atoms with Crippen molar-refractivity contribution in [2.24, 2.45) is 0 Å². The molecule has 0 saturated carbocycles. The monoisotopic (exact) mass is 303 g/mol. The second-order valence-electron chi connectivity index (χ2n) is 3.70. The third-order valence-corrected chi connectivity index (χ3v) is 4.40. The van der Waals surface area contributed by atoms with E-state index in [1.165, 1.54) is 26.1 Å². The summed E-state index contributed by atoms with van der Waals surface area (Å²) in [5.74, 6) is -0.648. The van der Waals surface area contributed by atoms with E-state index in [1.807, 2.05) is 0 Å². The maximum absolute atomic E-state index is 12.2. The quantitative estimate of drug-likeness (QED) is 0.721. The Morgan fingerprint density at radius 2 is 2.05 bits per heavy atom. The molecule has 0 saturated heterocycles. The molecule has 0 fully saturated rings. The van der Waals surface area contributed by atoms with Gasteiger partial charge in [0.1, 0.15) is 5.25 Å². The zero-order chi connectivity index (χ0) is 14.6. The molecule has 0 radical (unpaired) electrons. The number of nitrogens with two attached hydrogens (primary N) is 1. The first kappa shape index (κ1) is 15.5. The molecule has 0 heterocycles. The predicted molar refractivity (Wildman–Crippen MR) is 74.3 cm³/mol. The van der Waals surface area contributed by atoms with Gasteiger partial charge < -0.3 is 11.1 Å². The van der Waals surface area contributed by atoms with Gasteiger partial charge in [0.2, 0.25) is 5.91 Å². The van der Waals surface area contributed by atoms with E-state index in [2.05, 4.69) is 10.6 Å². The summed E-state index contributed by atoms with van der Waals surface area (Å²) in [7, 11) is -0.300. The van der Waals surface area contributed by atoms with Gasteiger partial charge >= 0.3 is 6.03 Å². The van der Waals surface area contributed by atoms with E-state index in [1.54, 1.807) is 6.07 Å². The number of carbonyl (C=O) groups excluding carboxylic acids is 2. The Bertz CT molecular complexity index is 536. The fourth-order valence-electron chi connectivity index (χ4n) is 1.24. The van der Waals surface area contributed by atoms with Crippen molar-refractivity contribution in [3.05, 3.63) is 23.2 Å². The van der Waals surface area contributed by atoms with Gasteiger partial charge in [-0.05, 0) is 25.1 Å². The number of urea groups is 1. The highest BCUT2D eigenvalue weighted by Crippen LogP contribution is 2.24. The van der Waals surface area contributed by atoms with Crippen molar-refractivity contribution in [2.45, 2.75) is 17.1 Å². The van der Waals surface area contributed by atoms with Gasteiger partial charge in [-0.2, -0.15) is 0 Å². The fraction of sp³-hybridized carbons (Fsp3) is 0.273. The Kier molecular flexibility index (Phi) is 5.31. The summed E-state index contributed by atoms with van der Waals surface area (Å²) < 4.78 is 12.2. The van der Waals surface area contributed by atoms with E-state index in [4.69, 9.17) is 17.3 Å². The molecule has 19 heavy (non-hydrogen) atoms. The van der Waals surface area contributed by atoms with Crippen LogP contribution in [0.2, 0.25) is 5.02 Å². The lowest BCUT2D eigenvalue weighted by Crippen LogP contribution is -2.43. The number of imide groups is 1. The molecule has 2 unspecified atom stereocenters. The van der Waals surface area contributed by atoms with E-state index >= 15 is 0 Å². The fourth-order valence-corrected chi connectivity index (χ4v) is 2.75. The molecule has 3 amide bonds. The van der Waals surface area contributed by atoms with E-state index in [0.29, 0.717) is 10.6 Å². The number of benzene rings is 1. The molecule has 0 aliphatic heterocycles. The van der Waals surface area contributed by atoms with Gasteiger partial charge in [0.15, 0.2) is 0 Å². The van der Waals surface area contributed by atoms with E-state index < -0.39 is 28.0 Å². The van der Waals surface area contributed by atoms with E-state index in [0.717, 1.165) is 0 Å². The average Bonchev–Trinajstić information content (AvgIpc) is 2.36. The molecule has 4 N–H and O–H groups in total. The molecular formula is C11H14ClN3O3S. The molecule has 0 spiro atoms. The zero-order valence-electron chi connectivity index (χ0n) is 10.4. The number of amides is 3. The maximum atomic E-state index is 12.2. The van der Waals surface area contributed by atoms with Gasteiger partial charge in [-0.1, -0.05) is 11.6 Å². The van der Waals surface area contributed by atoms with Crippen LogP contribution < -0.4 is 16.4 Å². The molecule has 1 aromatic carbocycles. The van der Waals surface area contributed by atoms with Gasteiger partial charge in [0, 0.05) is 12.7 Å². The van der Waals surface area contributed by atoms with Crippen LogP contribution in [-0.2, 0) is 15.6 Å². The average molecular weight is 304 g/mol. The molecule has 1 aromatic rings. The van der Waals surface area contributed by atoms with Crippen LogP contribution in [0.4, 0.5) is 10.5 Å². The second kappa shape index (κ2) is 6.53. The van der Waals surface area contributed by atoms with Crippen LogP contribution in [0, 0.1) is 0 Å². The van der Waals surface area contributed by atoms with Crippen molar-refractivity contribution in [1.82, 2.24) is 10.6 Å². The number of nitrogen functional groups attached to an aromatic ring is 1. The number of hydrogen-bond acceptors (Lipinski definition) is 4. The van der Waals surface area contributed by atoms with Gasteiger partial charge in [-0.15, -0.1) is 0 Å². The molecule has 2 atom stereocenters. The number of rotatable bonds is 3. The number of nitrogens with one attached hydrogen (secondary N) is 2. The summed E-state index contributed by atoms with van der Waals surface area (Å²) in [5.41, 5.74) is 5.97. The Morgan fingerprint density at radius 3 is 2.58 bits per heavy atom. The highest BCUT2D eigenvalue weighted by atomic mass is 35.5. The summed E-state index contributed by atoms with van der Waals surface area (Å²) in [6.07, 6.45) is 0. The van der Waals surface area contributed by atoms with Crippen LogP contribution in [0.3, 0.4) is 0 Å². The summed E-state index contributed by atoms with van der Waals surface area (Å²) in [6.45, 7) is 1.45. The van der Waals surface area contributed by atoms with Crippen LogP contribution in [0.5, 0.6) is 0 Å². The lowest BCUT2D eigenvalue weighted by atomic mass is 10.3. The molecular weight excluding hydrogens is 290 g/mol. The Balaban J connectivity index is 2.87. The predicted octanol–water partition coefficient (Wildman–Crippen LogP) is 0.874. The minimum Gasteiger partial charge on any atom is -0.399 e. The van der Waals surface area contributed by atoms with E-state index in [-0.39, 0.29) is 5.02 Å². The van der Waals surface area contributed by atoms with Crippen molar-refractivity contribution < 1.29 is 13.8 Å². The molecule has 0 bridgehead atoms. The highest BCUT2D eigenvalue weighted by Gasteiger charge is 2.24. The Hall–Kier alpha value is -1.60. The number of carbonyl (C=O) groups is 2. The standard InChI is InChI=1S/C11H14ClN3O3S/c1-6(10(16)15-11(17)14-2)19(18)9-4-3-7(13)5-8(9)12/h3-6H,13H2,1-2H3,(H2,14,15,16,17). The Morgan fingerprint density at radius 1 is 1.42 bits per heavy atom. The first-order valence-corrected chi connectivity index (χ1v) is 6.94. The topological polar surface area (TPSA) is 101 Å². The lowest BCUT2D eigenvalue weighted by Gasteiger charge is -2.12. The SMILES string of the molecule is CNC(=O)NC(=O)C(C)S(=O)c1ccc(N)cc1Cl. The van der Waals surface area contributed by atoms with Crippen LogP contribution in [0.1, 0.15) is 6.92 Å². The van der Waals surface area contributed by atoms with Gasteiger partial charge in [0.05, 0.1) is 20.7 Å². The first-order valence-electron chi connectivity index (χ1n) is 5.35. The van der Waals surface area contributed by atoms with Crippen LogP contribution in [-0.4, -0.2) is 28.4 Å². The third kappa shape index (κ3) is 3.93. The van der Waals surface area contributed by atoms with Crippen LogP contribution in [0.15, 0.2) is 23.1 Å². The van der Waals surface area contributed by atoms with Gasteiger partial charge in [-0.25, -0.2) is 4.79 Å². The number of anilines is 1. The number of halogens is 1. The maximum Gasteiger partial charge on any atom is 0.321 e. The smallest absolute Gasteiger partial charge is 0.321 e. The van der Waals surface area contributed by atoms with Gasteiger partial charge in [-0.3, -0.25) is 14.3 Å². The molecule has 0 aliphatic rings. The lowest BCUT2D eigenvalue weighted by molar-refractivity contribution is -0.119. The van der Waals surface area contributed by atoms with Gasteiger partial charge in [0.25, 0.3) is 0 Å². The molecule has 0 aromatic heterocycles. The third-order valence-electron chi connectivity index (χ3n) is 2.33. The summed E-state index contributed by atoms with van der Waals surface area (Å²) in [6, 6.07) is 3.84. The van der Waals surface area contributed by atoms with Crippen molar-refractivity contribution in [3.8, 4) is 0 Å². The highest BCUT2D eigenvalue weighted by molar-refractivity contribution is 7.86. The second-order valence-corrected chi connectivity index (χ2v) is 5.85. The normalized spacial score (nSPS) is 13.4. The molecule has 0 aliphatic carbocycles. The summed E-state index contributed by atoms with van der Waals surface area (Å²) in [5, 5.41) is 3.60. The first-order chi connectivity index (χ1) is 8.86. The van der Waals surface area contributed by atoms with Crippen LogP contribution in [0.25, 0.3) is 0 Å². The zero-order valence-corrected chi connectivity index (χ0v) is 12.0. The van der Waals surface area contributed by atoms with E-state index in [9.17, 15) is 13.8 Å². The van der Waals surface area contributed by atoms with Crippen molar-refractivity contribution in [2.75, 3.05) is 12.8 Å². The summed E-state index contributed by atoms with van der Waals surface area (Å²) >= 11 is 5.92. The van der Waals surface area contributed by atoms with Crippen molar-refractivity contribution in [3.63, 3.8) is 0 Å². The molecule has 104 valence electrons. The van der Waals surface area contributed by atoms with Crippen molar-refractivity contribution in [1.29, 1.82) is 0 Å². The Labute approximate surface area is 118 Å². The molecule has 1 rings (SSSR count). The summed E-state index contributed by atoms with van der Waals surface area (Å²) in [4.78, 5) is 23.0. The number of hydrogen-bond donors (Lipinski definition) is 3. The minimum atomic E-state index is -1.68. The largest absolute Gasteiger partial charge is 0.399 e.